The summed E-state index contributed by atoms with van der Waals surface area (Å²) in [5.74, 6) is -0.961. The van der Waals surface area contributed by atoms with Gasteiger partial charge in [-0.1, -0.05) is 0 Å². The zero-order valence-corrected chi connectivity index (χ0v) is 11.7. The number of thiophene rings is 1. The van der Waals surface area contributed by atoms with Crippen molar-refractivity contribution >= 4 is 33.1 Å². The molecule has 0 aliphatic carbocycles. The van der Waals surface area contributed by atoms with Crippen LogP contribution in [0.3, 0.4) is 0 Å². The third-order valence-electron chi connectivity index (χ3n) is 2.33. The monoisotopic (exact) mass is 301 g/mol. The van der Waals surface area contributed by atoms with Crippen LogP contribution in [0.5, 0.6) is 0 Å². The van der Waals surface area contributed by atoms with Crippen molar-refractivity contribution in [1.29, 1.82) is 0 Å². The van der Waals surface area contributed by atoms with Crippen molar-refractivity contribution in [2.24, 2.45) is 7.05 Å². The van der Waals surface area contributed by atoms with Gasteiger partial charge in [0.1, 0.15) is 9.77 Å². The molecule has 0 aromatic carbocycles. The predicted octanol–water partition coefficient (Wildman–Crippen LogP) is 1.29. The van der Waals surface area contributed by atoms with Gasteiger partial charge in [0.25, 0.3) is 10.0 Å². The van der Waals surface area contributed by atoms with Gasteiger partial charge < -0.3 is 5.11 Å². The molecule has 0 fully saturated rings. The topological polar surface area (TPSA) is 101 Å². The molecule has 0 saturated carbocycles. The van der Waals surface area contributed by atoms with Crippen molar-refractivity contribution in [1.82, 2.24) is 9.78 Å². The molecule has 2 aromatic heterocycles. The number of nitrogens with one attached hydrogen (secondary N) is 1. The molecule has 2 heterocycles. The maximum atomic E-state index is 12.1. The summed E-state index contributed by atoms with van der Waals surface area (Å²) < 4.78 is 28.0. The molecular formula is C10H11N3O4S2. The number of nitrogens with zero attached hydrogens (tertiary/aromatic N) is 2. The van der Waals surface area contributed by atoms with Gasteiger partial charge in [-0.05, 0) is 13.0 Å². The number of carboxylic acid groups (broad SMARTS) is 1. The normalized spacial score (nSPS) is 11.5. The van der Waals surface area contributed by atoms with E-state index in [-0.39, 0.29) is 15.6 Å². The van der Waals surface area contributed by atoms with Crippen LogP contribution in [0.2, 0.25) is 0 Å². The zero-order chi connectivity index (χ0) is 14.2. The maximum absolute atomic E-state index is 12.1. The Labute approximate surface area is 113 Å². The molecule has 0 amide bonds. The molecular weight excluding hydrogens is 290 g/mol. The SMILES string of the molecule is Cc1sc(C(=O)O)cc1S(=O)(=O)Nc1ccn(C)n1. The van der Waals surface area contributed by atoms with Crippen LogP contribution in [0.4, 0.5) is 5.82 Å². The van der Waals surface area contributed by atoms with Crippen molar-refractivity contribution in [2.75, 3.05) is 4.72 Å². The van der Waals surface area contributed by atoms with Gasteiger partial charge in [-0.25, -0.2) is 13.2 Å². The summed E-state index contributed by atoms with van der Waals surface area (Å²) in [6.07, 6.45) is 1.60. The van der Waals surface area contributed by atoms with Crippen molar-refractivity contribution < 1.29 is 18.3 Å². The fourth-order valence-corrected chi connectivity index (χ4v) is 3.93. The van der Waals surface area contributed by atoms with E-state index >= 15 is 0 Å². The number of hydrogen-bond donors (Lipinski definition) is 2. The Balaban J connectivity index is 2.37. The average molecular weight is 301 g/mol. The van der Waals surface area contributed by atoms with Gasteiger partial charge in [0.2, 0.25) is 0 Å². The van der Waals surface area contributed by atoms with Crippen LogP contribution in [-0.2, 0) is 17.1 Å². The van der Waals surface area contributed by atoms with Crippen LogP contribution in [0.1, 0.15) is 14.5 Å². The van der Waals surface area contributed by atoms with E-state index in [4.69, 9.17) is 5.11 Å². The highest BCUT2D eigenvalue weighted by Crippen LogP contribution is 2.27. The Morgan fingerprint density at radius 1 is 1.53 bits per heavy atom. The van der Waals surface area contributed by atoms with Crippen LogP contribution >= 0.6 is 11.3 Å². The number of hydrogen-bond acceptors (Lipinski definition) is 5. The summed E-state index contributed by atoms with van der Waals surface area (Å²) in [6.45, 7) is 1.56. The van der Waals surface area contributed by atoms with Crippen LogP contribution in [0.15, 0.2) is 23.2 Å². The molecule has 2 rings (SSSR count). The quantitative estimate of drug-likeness (QED) is 0.886. The fourth-order valence-electron chi connectivity index (χ4n) is 1.50. The molecule has 102 valence electrons. The second kappa shape index (κ2) is 4.67. The summed E-state index contributed by atoms with van der Waals surface area (Å²) in [5.41, 5.74) is 0. The largest absolute Gasteiger partial charge is 0.477 e. The highest BCUT2D eigenvalue weighted by Gasteiger charge is 2.22. The van der Waals surface area contributed by atoms with E-state index in [1.165, 1.54) is 10.7 Å². The molecule has 0 radical (unpaired) electrons. The van der Waals surface area contributed by atoms with Gasteiger partial charge in [-0.3, -0.25) is 9.40 Å². The zero-order valence-electron chi connectivity index (χ0n) is 10.1. The molecule has 2 N–H and O–H groups in total. The first-order valence-corrected chi connectivity index (χ1v) is 7.46. The van der Waals surface area contributed by atoms with Crippen LogP contribution < -0.4 is 4.72 Å². The number of carboxylic acids is 1. The van der Waals surface area contributed by atoms with E-state index in [1.54, 1.807) is 20.2 Å². The lowest BCUT2D eigenvalue weighted by molar-refractivity contribution is 0.0702. The minimum absolute atomic E-state index is 0.0149. The van der Waals surface area contributed by atoms with Gasteiger partial charge in [-0.2, -0.15) is 5.10 Å². The highest BCUT2D eigenvalue weighted by molar-refractivity contribution is 7.93. The number of anilines is 1. The molecule has 2 aromatic rings. The lowest BCUT2D eigenvalue weighted by atomic mass is 10.4. The highest BCUT2D eigenvalue weighted by atomic mass is 32.2. The first kappa shape index (κ1) is 13.6. The summed E-state index contributed by atoms with van der Waals surface area (Å²) in [7, 11) is -2.16. The van der Waals surface area contributed by atoms with Gasteiger partial charge in [-0.15, -0.1) is 11.3 Å². The Kier molecular flexibility index (Phi) is 3.33. The second-order valence-electron chi connectivity index (χ2n) is 3.82. The van der Waals surface area contributed by atoms with E-state index in [0.29, 0.717) is 4.88 Å². The number of rotatable bonds is 4. The molecule has 0 atom stereocenters. The average Bonchev–Trinajstić information content (AvgIpc) is 2.85. The Hall–Kier alpha value is -1.87. The van der Waals surface area contributed by atoms with Crippen molar-refractivity contribution in [3.05, 3.63) is 28.1 Å². The predicted molar refractivity (Wildman–Crippen MR) is 70.0 cm³/mol. The standard InChI is InChI=1S/C10H11N3O4S2/c1-6-8(5-7(18-6)10(14)15)19(16,17)12-9-3-4-13(2)11-9/h3-5H,1-2H3,(H,11,12)(H,14,15). The van der Waals surface area contributed by atoms with E-state index in [2.05, 4.69) is 9.82 Å². The summed E-state index contributed by atoms with van der Waals surface area (Å²) in [5, 5.41) is 12.8. The van der Waals surface area contributed by atoms with Gasteiger partial charge in [0.15, 0.2) is 5.82 Å². The second-order valence-corrected chi connectivity index (χ2v) is 6.72. The lowest BCUT2D eigenvalue weighted by Gasteiger charge is -2.03. The number of aromatic nitrogens is 2. The molecule has 0 aliphatic rings. The summed E-state index contributed by atoms with van der Waals surface area (Å²) in [6, 6.07) is 2.66. The smallest absolute Gasteiger partial charge is 0.345 e. The molecule has 9 heteroatoms. The summed E-state index contributed by atoms with van der Waals surface area (Å²) in [4.78, 5) is 11.2. The molecule has 19 heavy (non-hydrogen) atoms. The van der Waals surface area contributed by atoms with Crippen molar-refractivity contribution in [2.45, 2.75) is 11.8 Å². The molecule has 0 saturated heterocycles. The van der Waals surface area contributed by atoms with Gasteiger partial charge in [0, 0.05) is 24.2 Å². The number of carbonyl (C=O) groups is 1. The Morgan fingerprint density at radius 2 is 2.21 bits per heavy atom. The molecule has 0 bridgehead atoms. The fraction of sp³-hybridized carbons (Fsp3) is 0.200. The molecule has 0 unspecified atom stereocenters. The van der Waals surface area contributed by atoms with E-state index in [1.807, 2.05) is 0 Å². The first-order chi connectivity index (χ1) is 8.79. The molecule has 0 aliphatic heterocycles. The maximum Gasteiger partial charge on any atom is 0.345 e. The number of sulfonamides is 1. The van der Waals surface area contributed by atoms with Gasteiger partial charge in [0.05, 0.1) is 0 Å². The third-order valence-corrected chi connectivity index (χ3v) is 4.97. The Morgan fingerprint density at radius 3 is 2.68 bits per heavy atom. The summed E-state index contributed by atoms with van der Waals surface area (Å²) >= 11 is 0.921. The van der Waals surface area contributed by atoms with Crippen LogP contribution in [-0.4, -0.2) is 29.3 Å². The van der Waals surface area contributed by atoms with E-state index < -0.39 is 16.0 Å². The van der Waals surface area contributed by atoms with E-state index in [9.17, 15) is 13.2 Å². The van der Waals surface area contributed by atoms with Crippen molar-refractivity contribution in [3.8, 4) is 0 Å². The minimum Gasteiger partial charge on any atom is -0.477 e. The first-order valence-electron chi connectivity index (χ1n) is 5.16. The molecule has 7 nitrogen and oxygen atoms in total. The van der Waals surface area contributed by atoms with Crippen molar-refractivity contribution in [3.63, 3.8) is 0 Å². The lowest BCUT2D eigenvalue weighted by Crippen LogP contribution is -2.13. The molecule has 0 spiro atoms. The van der Waals surface area contributed by atoms with Crippen LogP contribution in [0, 0.1) is 6.92 Å². The number of aryl methyl sites for hydroxylation is 2. The third kappa shape index (κ3) is 2.76. The number of aromatic carboxylic acids is 1. The minimum atomic E-state index is -3.82. The van der Waals surface area contributed by atoms with E-state index in [0.717, 1.165) is 17.4 Å². The van der Waals surface area contributed by atoms with Gasteiger partial charge >= 0.3 is 5.97 Å². The van der Waals surface area contributed by atoms with Crippen LogP contribution in [0.25, 0.3) is 0 Å². The Bertz CT molecular complexity index is 730.